The van der Waals surface area contributed by atoms with E-state index in [9.17, 15) is 22.0 Å². The average molecular weight is 186 g/mol. The number of carbonyl (C=O) groups excluding carboxylic acids is 1. The Morgan fingerprint density at radius 3 is 2.36 bits per heavy atom. The van der Waals surface area contributed by atoms with Crippen molar-refractivity contribution in [2.45, 2.75) is 12.3 Å². The molecule has 0 radical (unpaired) electrons. The second kappa shape index (κ2) is 2.13. The first-order valence-corrected chi connectivity index (χ1v) is 4.26. The molecule has 0 aromatic rings. The summed E-state index contributed by atoms with van der Waals surface area (Å²) in [6.45, 7) is 0. The molecule has 0 spiro atoms. The highest BCUT2D eigenvalue weighted by atomic mass is 32.2. The van der Waals surface area contributed by atoms with Crippen LogP contribution in [0.4, 0.5) is 8.78 Å². The maximum atomic E-state index is 12.2. The van der Waals surface area contributed by atoms with E-state index < -0.39 is 34.2 Å². The van der Waals surface area contributed by atoms with E-state index in [1.54, 1.807) is 0 Å². The van der Waals surface area contributed by atoms with Crippen LogP contribution in [-0.4, -0.2) is 26.1 Å². The number of carbonyl (C=O) groups is 1. The number of hydrogen-bond donors (Lipinski definition) is 0. The van der Waals surface area contributed by atoms with Gasteiger partial charge in [-0.25, -0.2) is 4.79 Å². The molecule has 1 aliphatic rings. The molecule has 1 aliphatic heterocycles. The van der Waals surface area contributed by atoms with E-state index in [1.165, 1.54) is 0 Å². The van der Waals surface area contributed by atoms with Gasteiger partial charge in [0.2, 0.25) is 0 Å². The summed E-state index contributed by atoms with van der Waals surface area (Å²) in [6.07, 6.45) is -0.992. The predicted molar refractivity (Wildman–Crippen MR) is 29.4 cm³/mol. The summed E-state index contributed by atoms with van der Waals surface area (Å²) in [6, 6.07) is 0. The lowest BCUT2D eigenvalue weighted by Gasteiger charge is -2.18. The monoisotopic (exact) mass is 186 g/mol. The maximum absolute atomic E-state index is 12.2. The van der Waals surface area contributed by atoms with Crippen molar-refractivity contribution in [2.24, 2.45) is 0 Å². The summed E-state index contributed by atoms with van der Waals surface area (Å²) in [5.41, 5.74) is 0. The molecular weight excluding hydrogens is 182 g/mol. The van der Waals surface area contributed by atoms with Crippen LogP contribution in [0.25, 0.3) is 0 Å². The number of rotatable bonds is 0. The SMILES string of the molecule is O=C1OS(=O)(=O)CCC1(F)F. The van der Waals surface area contributed by atoms with E-state index in [2.05, 4.69) is 4.18 Å². The molecule has 0 aromatic carbocycles. The highest BCUT2D eigenvalue weighted by molar-refractivity contribution is 7.87. The summed E-state index contributed by atoms with van der Waals surface area (Å²) in [5, 5.41) is 0. The predicted octanol–water partition coefficient (Wildman–Crippen LogP) is -0.102. The van der Waals surface area contributed by atoms with Gasteiger partial charge in [0.05, 0.1) is 5.75 Å². The van der Waals surface area contributed by atoms with Crippen LogP contribution in [0.2, 0.25) is 0 Å². The number of alkyl halides is 2. The Bertz CT molecular complexity index is 280. The van der Waals surface area contributed by atoms with E-state index >= 15 is 0 Å². The van der Waals surface area contributed by atoms with Crippen molar-refractivity contribution >= 4 is 16.1 Å². The molecule has 0 atom stereocenters. The Morgan fingerprint density at radius 2 is 2.00 bits per heavy atom. The van der Waals surface area contributed by atoms with Crippen molar-refractivity contribution in [1.29, 1.82) is 0 Å². The molecule has 1 saturated heterocycles. The lowest BCUT2D eigenvalue weighted by Crippen LogP contribution is -2.40. The van der Waals surface area contributed by atoms with Crippen LogP contribution >= 0.6 is 0 Å². The molecule has 0 amide bonds. The lowest BCUT2D eigenvalue weighted by molar-refractivity contribution is -0.163. The summed E-state index contributed by atoms with van der Waals surface area (Å²) >= 11 is 0. The van der Waals surface area contributed by atoms with E-state index in [4.69, 9.17) is 0 Å². The van der Waals surface area contributed by atoms with E-state index in [0.717, 1.165) is 0 Å². The minimum atomic E-state index is -4.03. The van der Waals surface area contributed by atoms with Crippen LogP contribution < -0.4 is 0 Å². The highest BCUT2D eigenvalue weighted by Gasteiger charge is 2.48. The van der Waals surface area contributed by atoms with Gasteiger partial charge < -0.3 is 4.18 Å². The first-order chi connectivity index (χ1) is 4.83. The molecule has 0 aromatic heterocycles. The smallest absolute Gasteiger partial charge is 0.340 e. The van der Waals surface area contributed by atoms with Crippen molar-refractivity contribution in [3.05, 3.63) is 0 Å². The Kier molecular flexibility index (Phi) is 1.62. The largest absolute Gasteiger partial charge is 0.392 e. The third kappa shape index (κ3) is 1.65. The minimum absolute atomic E-state index is 0.814. The van der Waals surface area contributed by atoms with Crippen molar-refractivity contribution in [2.75, 3.05) is 5.75 Å². The van der Waals surface area contributed by atoms with E-state index in [1.807, 2.05) is 0 Å². The van der Waals surface area contributed by atoms with Gasteiger partial charge >= 0.3 is 22.0 Å². The van der Waals surface area contributed by atoms with E-state index in [-0.39, 0.29) is 0 Å². The minimum Gasteiger partial charge on any atom is -0.340 e. The van der Waals surface area contributed by atoms with Crippen LogP contribution in [0.3, 0.4) is 0 Å². The van der Waals surface area contributed by atoms with Crippen LogP contribution in [0.5, 0.6) is 0 Å². The van der Waals surface area contributed by atoms with Crippen LogP contribution in [-0.2, 0) is 19.1 Å². The van der Waals surface area contributed by atoms with Crippen LogP contribution in [0.15, 0.2) is 0 Å². The van der Waals surface area contributed by atoms with Crippen molar-refractivity contribution in [1.82, 2.24) is 0 Å². The molecule has 0 aliphatic carbocycles. The van der Waals surface area contributed by atoms with Gasteiger partial charge in [0.1, 0.15) is 0 Å². The molecule has 0 bridgehead atoms. The van der Waals surface area contributed by atoms with Gasteiger partial charge in [0.25, 0.3) is 0 Å². The Labute approximate surface area is 61.3 Å². The third-order valence-corrected chi connectivity index (χ3v) is 2.28. The first-order valence-electron chi connectivity index (χ1n) is 2.68. The molecule has 11 heavy (non-hydrogen) atoms. The molecule has 7 heteroatoms. The fourth-order valence-corrected chi connectivity index (χ4v) is 1.52. The third-order valence-electron chi connectivity index (χ3n) is 1.17. The molecule has 4 nitrogen and oxygen atoms in total. The van der Waals surface area contributed by atoms with Crippen molar-refractivity contribution in [3.63, 3.8) is 0 Å². The van der Waals surface area contributed by atoms with Crippen molar-refractivity contribution in [3.8, 4) is 0 Å². The zero-order valence-electron chi connectivity index (χ0n) is 5.21. The van der Waals surface area contributed by atoms with Gasteiger partial charge in [-0.2, -0.15) is 17.2 Å². The van der Waals surface area contributed by atoms with Crippen LogP contribution in [0, 0.1) is 0 Å². The Morgan fingerprint density at radius 1 is 1.45 bits per heavy atom. The standard InChI is InChI=1S/C4H4F2O4S/c5-4(6)1-2-11(8,9)10-3(4)7/h1-2H2. The van der Waals surface area contributed by atoms with Gasteiger partial charge in [0, 0.05) is 6.42 Å². The van der Waals surface area contributed by atoms with Gasteiger partial charge in [-0.3, -0.25) is 0 Å². The summed E-state index contributed by atoms with van der Waals surface area (Å²) < 4.78 is 48.6. The lowest BCUT2D eigenvalue weighted by atomic mass is 10.3. The zero-order valence-corrected chi connectivity index (χ0v) is 6.03. The molecular formula is C4H4F2O4S. The first kappa shape index (κ1) is 8.38. The molecule has 0 N–H and O–H groups in total. The summed E-state index contributed by atoms with van der Waals surface area (Å²) in [7, 11) is -4.03. The van der Waals surface area contributed by atoms with Crippen molar-refractivity contribution < 1.29 is 26.2 Å². The van der Waals surface area contributed by atoms with Gasteiger partial charge in [0.15, 0.2) is 0 Å². The van der Waals surface area contributed by atoms with Crippen LogP contribution in [0.1, 0.15) is 6.42 Å². The average Bonchev–Trinajstić information content (AvgIpc) is 1.81. The Balaban J connectivity index is 2.87. The van der Waals surface area contributed by atoms with E-state index in [0.29, 0.717) is 0 Å². The number of halogens is 2. The molecule has 1 heterocycles. The number of hydrogen-bond acceptors (Lipinski definition) is 4. The Hall–Kier alpha value is -0.720. The second-order valence-electron chi connectivity index (χ2n) is 2.09. The molecule has 0 unspecified atom stereocenters. The topological polar surface area (TPSA) is 60.4 Å². The molecule has 1 fully saturated rings. The summed E-state index contributed by atoms with van der Waals surface area (Å²) in [5.74, 6) is -6.44. The normalized spacial score (nSPS) is 27.6. The molecule has 64 valence electrons. The van der Waals surface area contributed by atoms with Gasteiger partial charge in [-0.15, -0.1) is 0 Å². The fourth-order valence-electron chi connectivity index (χ4n) is 0.573. The second-order valence-corrected chi connectivity index (χ2v) is 3.78. The zero-order chi connectivity index (χ0) is 8.70. The highest BCUT2D eigenvalue weighted by Crippen LogP contribution is 2.26. The molecule has 0 saturated carbocycles. The summed E-state index contributed by atoms with van der Waals surface area (Å²) in [4.78, 5) is 10.2. The van der Waals surface area contributed by atoms with Gasteiger partial charge in [-0.05, 0) is 0 Å². The fraction of sp³-hybridized carbons (Fsp3) is 0.750. The molecule has 1 rings (SSSR count). The van der Waals surface area contributed by atoms with Gasteiger partial charge in [-0.1, -0.05) is 0 Å². The quantitative estimate of drug-likeness (QED) is 0.495. The maximum Gasteiger partial charge on any atom is 0.392 e.